The van der Waals surface area contributed by atoms with Crippen molar-refractivity contribution in [1.29, 1.82) is 0 Å². The molecular formula is C17H21N3O3S. The zero-order chi connectivity index (χ0) is 16.9. The highest BCUT2D eigenvalue weighted by atomic mass is 32.1. The summed E-state index contributed by atoms with van der Waals surface area (Å²) in [5.74, 6) is 0.856. The number of carbonyl (C=O) groups excluding carboxylic acids is 1. The summed E-state index contributed by atoms with van der Waals surface area (Å²) in [6.07, 6.45) is 1.49. The molecule has 24 heavy (non-hydrogen) atoms. The number of ether oxygens (including phenoxy) is 2. The van der Waals surface area contributed by atoms with Crippen LogP contribution in [0.15, 0.2) is 24.3 Å². The topological polar surface area (TPSA) is 64.6 Å². The van der Waals surface area contributed by atoms with Crippen molar-refractivity contribution in [2.45, 2.75) is 25.9 Å². The molecule has 128 valence electrons. The summed E-state index contributed by atoms with van der Waals surface area (Å²) in [6, 6.07) is 7.95. The Morgan fingerprint density at radius 3 is 2.92 bits per heavy atom. The molecule has 6 nitrogen and oxygen atoms in total. The summed E-state index contributed by atoms with van der Waals surface area (Å²) in [4.78, 5) is 15.2. The van der Waals surface area contributed by atoms with Crippen LogP contribution >= 0.6 is 11.5 Å². The zero-order valence-corrected chi connectivity index (χ0v) is 14.7. The summed E-state index contributed by atoms with van der Waals surface area (Å²) in [6.45, 7) is 3.74. The van der Waals surface area contributed by atoms with Gasteiger partial charge in [0.15, 0.2) is 0 Å². The second-order valence-corrected chi connectivity index (χ2v) is 6.45. The number of morpholine rings is 1. The van der Waals surface area contributed by atoms with Gasteiger partial charge in [0.1, 0.15) is 10.6 Å². The number of hydrogen-bond donors (Lipinski definition) is 0. The molecule has 1 aromatic heterocycles. The van der Waals surface area contributed by atoms with Crippen LogP contribution in [0.1, 0.15) is 27.9 Å². The molecule has 2 aromatic rings. The van der Waals surface area contributed by atoms with Gasteiger partial charge in [-0.05, 0) is 35.6 Å². The first-order chi connectivity index (χ1) is 11.7. The van der Waals surface area contributed by atoms with E-state index in [-0.39, 0.29) is 12.0 Å². The normalized spacial score (nSPS) is 17.8. The van der Waals surface area contributed by atoms with Crippen LogP contribution < -0.4 is 4.74 Å². The largest absolute Gasteiger partial charge is 0.497 e. The second kappa shape index (κ2) is 7.72. The Kier molecular flexibility index (Phi) is 5.42. The molecule has 0 bridgehead atoms. The third kappa shape index (κ3) is 3.73. The lowest BCUT2D eigenvalue weighted by molar-refractivity contribution is -0.0207. The van der Waals surface area contributed by atoms with Crippen LogP contribution in [-0.4, -0.2) is 53.3 Å². The van der Waals surface area contributed by atoms with Gasteiger partial charge in [-0.25, -0.2) is 0 Å². The van der Waals surface area contributed by atoms with E-state index in [0.717, 1.165) is 24.3 Å². The maximum Gasteiger partial charge on any atom is 0.267 e. The molecule has 1 atom stereocenters. The van der Waals surface area contributed by atoms with E-state index >= 15 is 0 Å². The average molecular weight is 347 g/mol. The summed E-state index contributed by atoms with van der Waals surface area (Å²) in [5, 5.41) is 4.03. The van der Waals surface area contributed by atoms with Crippen molar-refractivity contribution in [2.24, 2.45) is 0 Å². The van der Waals surface area contributed by atoms with Gasteiger partial charge in [0, 0.05) is 19.5 Å². The molecule has 0 aliphatic carbocycles. The SMILES string of the molecule is CCc1nnsc1C(=O)N1CCO[C@@H](Cc2ccc(OC)cc2)C1. The number of benzene rings is 1. The molecule has 1 aliphatic heterocycles. The molecular weight excluding hydrogens is 326 g/mol. The van der Waals surface area contributed by atoms with E-state index in [4.69, 9.17) is 9.47 Å². The lowest BCUT2D eigenvalue weighted by atomic mass is 10.1. The van der Waals surface area contributed by atoms with E-state index in [1.54, 1.807) is 7.11 Å². The fourth-order valence-electron chi connectivity index (χ4n) is 2.80. The number of rotatable bonds is 5. The van der Waals surface area contributed by atoms with Gasteiger partial charge in [-0.1, -0.05) is 23.5 Å². The van der Waals surface area contributed by atoms with Gasteiger partial charge in [0.2, 0.25) is 0 Å². The van der Waals surface area contributed by atoms with E-state index in [2.05, 4.69) is 9.59 Å². The number of carbonyl (C=O) groups is 1. The van der Waals surface area contributed by atoms with Gasteiger partial charge in [0.25, 0.3) is 5.91 Å². The summed E-state index contributed by atoms with van der Waals surface area (Å²) in [7, 11) is 1.65. The van der Waals surface area contributed by atoms with Crippen LogP contribution in [-0.2, 0) is 17.6 Å². The van der Waals surface area contributed by atoms with Gasteiger partial charge in [-0.15, -0.1) is 5.10 Å². The number of nitrogens with zero attached hydrogens (tertiary/aromatic N) is 3. The molecule has 0 saturated carbocycles. The van der Waals surface area contributed by atoms with Crippen molar-refractivity contribution in [3.8, 4) is 5.75 Å². The Hall–Kier alpha value is -1.99. The van der Waals surface area contributed by atoms with E-state index in [1.807, 2.05) is 36.1 Å². The van der Waals surface area contributed by atoms with E-state index in [9.17, 15) is 4.79 Å². The number of amides is 1. The third-order valence-corrected chi connectivity index (χ3v) is 4.89. The van der Waals surface area contributed by atoms with E-state index in [0.29, 0.717) is 24.6 Å². The minimum atomic E-state index is 0.00190. The smallest absolute Gasteiger partial charge is 0.267 e. The van der Waals surface area contributed by atoms with Crippen molar-refractivity contribution in [3.05, 3.63) is 40.4 Å². The van der Waals surface area contributed by atoms with E-state index in [1.165, 1.54) is 17.1 Å². The first-order valence-corrected chi connectivity index (χ1v) is 8.83. The molecule has 0 N–H and O–H groups in total. The molecule has 0 spiro atoms. The Labute approximate surface area is 145 Å². The maximum absolute atomic E-state index is 12.7. The quantitative estimate of drug-likeness (QED) is 0.830. The van der Waals surface area contributed by atoms with Crippen molar-refractivity contribution >= 4 is 17.4 Å². The van der Waals surface area contributed by atoms with Crippen LogP contribution in [0.3, 0.4) is 0 Å². The van der Waals surface area contributed by atoms with Crippen LogP contribution in [0, 0.1) is 0 Å². The van der Waals surface area contributed by atoms with Gasteiger partial charge in [0.05, 0.1) is 25.5 Å². The van der Waals surface area contributed by atoms with Crippen LogP contribution in [0.4, 0.5) is 0 Å². The number of aryl methyl sites for hydroxylation is 1. The first kappa shape index (κ1) is 16.9. The fourth-order valence-corrected chi connectivity index (χ4v) is 3.52. The van der Waals surface area contributed by atoms with E-state index < -0.39 is 0 Å². The summed E-state index contributed by atoms with van der Waals surface area (Å²) < 4.78 is 14.9. The van der Waals surface area contributed by atoms with Gasteiger partial charge in [-0.3, -0.25) is 4.79 Å². The number of aromatic nitrogens is 2. The third-order valence-electron chi connectivity index (χ3n) is 4.13. The standard InChI is InChI=1S/C17H21N3O3S/c1-3-15-16(24-19-18-15)17(21)20-8-9-23-14(11-20)10-12-4-6-13(22-2)7-5-12/h4-7,14H,3,8-11H2,1-2H3/t14-/m0/s1. The van der Waals surface area contributed by atoms with Crippen molar-refractivity contribution < 1.29 is 14.3 Å². The predicted octanol–water partition coefficient (Wildman–Crippen LogP) is 2.19. The van der Waals surface area contributed by atoms with Crippen molar-refractivity contribution in [1.82, 2.24) is 14.5 Å². The Morgan fingerprint density at radius 1 is 1.42 bits per heavy atom. The van der Waals surface area contributed by atoms with Crippen molar-refractivity contribution in [3.63, 3.8) is 0 Å². The van der Waals surface area contributed by atoms with Gasteiger partial charge < -0.3 is 14.4 Å². The summed E-state index contributed by atoms with van der Waals surface area (Å²) >= 11 is 1.18. The van der Waals surface area contributed by atoms with Gasteiger partial charge in [-0.2, -0.15) is 0 Å². The average Bonchev–Trinajstić information content (AvgIpc) is 3.10. The highest BCUT2D eigenvalue weighted by Crippen LogP contribution is 2.19. The molecule has 1 saturated heterocycles. The Balaban J connectivity index is 1.64. The fraction of sp³-hybridized carbons (Fsp3) is 0.471. The monoisotopic (exact) mass is 347 g/mol. The second-order valence-electron chi connectivity index (χ2n) is 5.70. The lowest BCUT2D eigenvalue weighted by Gasteiger charge is -2.32. The number of hydrogen-bond acceptors (Lipinski definition) is 6. The Morgan fingerprint density at radius 2 is 2.21 bits per heavy atom. The molecule has 1 aliphatic rings. The highest BCUT2D eigenvalue weighted by Gasteiger charge is 2.28. The highest BCUT2D eigenvalue weighted by molar-refractivity contribution is 7.08. The van der Waals surface area contributed by atoms with Crippen LogP contribution in [0.25, 0.3) is 0 Å². The molecule has 0 radical (unpaired) electrons. The molecule has 0 unspecified atom stereocenters. The Bertz CT molecular complexity index is 687. The predicted molar refractivity (Wildman–Crippen MR) is 91.6 cm³/mol. The van der Waals surface area contributed by atoms with Gasteiger partial charge >= 0.3 is 0 Å². The minimum absolute atomic E-state index is 0.00190. The zero-order valence-electron chi connectivity index (χ0n) is 13.9. The van der Waals surface area contributed by atoms with Crippen LogP contribution in [0.2, 0.25) is 0 Å². The maximum atomic E-state index is 12.7. The molecule has 1 fully saturated rings. The minimum Gasteiger partial charge on any atom is -0.497 e. The summed E-state index contributed by atoms with van der Waals surface area (Å²) in [5.41, 5.74) is 1.95. The van der Waals surface area contributed by atoms with Crippen molar-refractivity contribution in [2.75, 3.05) is 26.8 Å². The molecule has 7 heteroatoms. The molecule has 1 amide bonds. The van der Waals surface area contributed by atoms with Crippen LogP contribution in [0.5, 0.6) is 5.75 Å². The lowest BCUT2D eigenvalue weighted by Crippen LogP contribution is -2.46. The number of methoxy groups -OCH3 is 1. The molecule has 2 heterocycles. The molecule has 3 rings (SSSR count). The first-order valence-electron chi connectivity index (χ1n) is 8.06. The molecule has 1 aromatic carbocycles.